The van der Waals surface area contributed by atoms with Gasteiger partial charge in [0.2, 0.25) is 0 Å². The van der Waals surface area contributed by atoms with Crippen LogP contribution in [0.4, 0.5) is 0 Å². The average Bonchev–Trinajstić information content (AvgIpc) is 2.43. The molecule has 98 valence electrons. The Morgan fingerprint density at radius 2 is 2.06 bits per heavy atom. The lowest BCUT2D eigenvalue weighted by molar-refractivity contribution is -0.139. The van der Waals surface area contributed by atoms with Gasteiger partial charge >= 0.3 is 5.97 Å². The molecular weight excluding hydrogens is 226 g/mol. The first kappa shape index (κ1) is 13.1. The number of nitrogens with one attached hydrogen (secondary N) is 1. The monoisotopic (exact) mass is 247 g/mol. The van der Waals surface area contributed by atoms with Crippen molar-refractivity contribution in [1.82, 2.24) is 5.32 Å². The number of esters is 1. The minimum absolute atomic E-state index is 0.177. The van der Waals surface area contributed by atoms with Crippen LogP contribution in [-0.2, 0) is 22.4 Å². The van der Waals surface area contributed by atoms with Crippen molar-refractivity contribution in [2.24, 2.45) is 0 Å². The number of aryl methyl sites for hydroxylation is 2. The summed E-state index contributed by atoms with van der Waals surface area (Å²) < 4.78 is 4.63. The van der Waals surface area contributed by atoms with Crippen molar-refractivity contribution in [3.05, 3.63) is 34.9 Å². The van der Waals surface area contributed by atoms with Crippen molar-refractivity contribution in [2.45, 2.75) is 38.6 Å². The molecule has 0 radical (unpaired) electrons. The van der Waals surface area contributed by atoms with Crippen molar-refractivity contribution < 1.29 is 9.53 Å². The van der Waals surface area contributed by atoms with E-state index in [9.17, 15) is 4.79 Å². The van der Waals surface area contributed by atoms with Gasteiger partial charge in [-0.3, -0.25) is 4.79 Å². The zero-order chi connectivity index (χ0) is 13.0. The normalized spacial score (nSPS) is 15.9. The summed E-state index contributed by atoms with van der Waals surface area (Å²) in [6.45, 7) is 2.34. The quantitative estimate of drug-likeness (QED) is 0.830. The Kier molecular flexibility index (Phi) is 4.37. The van der Waals surface area contributed by atoms with Gasteiger partial charge in [-0.05, 0) is 49.3 Å². The van der Waals surface area contributed by atoms with Gasteiger partial charge < -0.3 is 10.1 Å². The van der Waals surface area contributed by atoms with Crippen LogP contribution in [0, 0.1) is 0 Å². The van der Waals surface area contributed by atoms with Crippen LogP contribution in [0.25, 0.3) is 0 Å². The number of carbonyl (C=O) groups excluding carboxylic acids is 1. The fraction of sp³-hybridized carbons (Fsp3) is 0.533. The molecule has 1 aliphatic carbocycles. The third-order valence-corrected chi connectivity index (χ3v) is 3.65. The van der Waals surface area contributed by atoms with Gasteiger partial charge in [0.15, 0.2) is 0 Å². The van der Waals surface area contributed by atoms with E-state index in [2.05, 4.69) is 35.2 Å². The van der Waals surface area contributed by atoms with Crippen LogP contribution in [0.3, 0.4) is 0 Å². The van der Waals surface area contributed by atoms with Crippen LogP contribution in [-0.4, -0.2) is 19.6 Å². The zero-order valence-electron chi connectivity index (χ0n) is 11.2. The number of methoxy groups -OCH3 is 1. The predicted molar refractivity (Wildman–Crippen MR) is 71.5 cm³/mol. The molecule has 1 N–H and O–H groups in total. The molecule has 1 aliphatic rings. The fourth-order valence-corrected chi connectivity index (χ4v) is 2.45. The maximum atomic E-state index is 11.1. The van der Waals surface area contributed by atoms with Crippen LogP contribution < -0.4 is 5.32 Å². The van der Waals surface area contributed by atoms with Crippen LogP contribution in [0.15, 0.2) is 18.2 Å². The van der Waals surface area contributed by atoms with E-state index in [4.69, 9.17) is 0 Å². The predicted octanol–water partition coefficient (Wildman–Crippen LogP) is 2.39. The van der Waals surface area contributed by atoms with Gasteiger partial charge in [-0.1, -0.05) is 18.2 Å². The van der Waals surface area contributed by atoms with E-state index < -0.39 is 0 Å². The first-order valence-corrected chi connectivity index (χ1v) is 6.62. The summed E-state index contributed by atoms with van der Waals surface area (Å²) in [4.78, 5) is 11.1. The van der Waals surface area contributed by atoms with Gasteiger partial charge in [0.25, 0.3) is 0 Å². The first-order valence-electron chi connectivity index (χ1n) is 6.62. The van der Waals surface area contributed by atoms with E-state index in [1.54, 1.807) is 0 Å². The van der Waals surface area contributed by atoms with Crippen molar-refractivity contribution in [3.63, 3.8) is 0 Å². The molecule has 1 atom stereocenters. The maximum absolute atomic E-state index is 11.1. The second-order valence-corrected chi connectivity index (χ2v) is 4.91. The largest absolute Gasteiger partial charge is 0.468 e. The molecule has 0 aromatic heterocycles. The molecule has 0 bridgehead atoms. The van der Waals surface area contributed by atoms with Crippen LogP contribution >= 0.6 is 0 Å². The lowest BCUT2D eigenvalue weighted by Gasteiger charge is -2.19. The third-order valence-electron chi connectivity index (χ3n) is 3.65. The van der Waals surface area contributed by atoms with Crippen LogP contribution in [0.1, 0.15) is 42.5 Å². The second-order valence-electron chi connectivity index (χ2n) is 4.91. The fourth-order valence-electron chi connectivity index (χ4n) is 2.45. The van der Waals surface area contributed by atoms with Crippen LogP contribution in [0.2, 0.25) is 0 Å². The summed E-state index contributed by atoms with van der Waals surface area (Å²) in [6, 6.07) is 6.86. The Hall–Kier alpha value is -1.35. The number of ether oxygens (including phenoxy) is 1. The molecule has 1 aromatic carbocycles. The SMILES string of the molecule is COC(=O)CNC(C)c1ccc2c(c1)CCCC2. The minimum Gasteiger partial charge on any atom is -0.468 e. The molecule has 0 aliphatic heterocycles. The number of benzene rings is 1. The maximum Gasteiger partial charge on any atom is 0.319 e. The van der Waals surface area contributed by atoms with Crippen molar-refractivity contribution in [2.75, 3.05) is 13.7 Å². The summed E-state index contributed by atoms with van der Waals surface area (Å²) >= 11 is 0. The van der Waals surface area contributed by atoms with E-state index in [1.165, 1.54) is 49.5 Å². The van der Waals surface area contributed by atoms with Crippen molar-refractivity contribution in [1.29, 1.82) is 0 Å². The summed E-state index contributed by atoms with van der Waals surface area (Å²) in [5.74, 6) is -0.222. The molecule has 18 heavy (non-hydrogen) atoms. The standard InChI is InChI=1S/C15H21NO2/c1-11(16-10-15(17)18-2)13-8-7-12-5-3-4-6-14(12)9-13/h7-9,11,16H,3-6,10H2,1-2H3. The Morgan fingerprint density at radius 3 is 2.78 bits per heavy atom. The lowest BCUT2D eigenvalue weighted by Crippen LogP contribution is -2.26. The number of carbonyl (C=O) groups is 1. The summed E-state index contributed by atoms with van der Waals surface area (Å²) in [6.07, 6.45) is 5.00. The smallest absolute Gasteiger partial charge is 0.319 e. The van der Waals surface area contributed by atoms with E-state index >= 15 is 0 Å². The van der Waals surface area contributed by atoms with E-state index in [0.717, 1.165) is 0 Å². The topological polar surface area (TPSA) is 38.3 Å². The molecule has 0 heterocycles. The van der Waals surface area contributed by atoms with Gasteiger partial charge in [-0.2, -0.15) is 0 Å². The number of rotatable bonds is 4. The Bertz CT molecular complexity index is 429. The van der Waals surface area contributed by atoms with Crippen molar-refractivity contribution in [3.8, 4) is 0 Å². The van der Waals surface area contributed by atoms with Gasteiger partial charge in [0.1, 0.15) is 0 Å². The van der Waals surface area contributed by atoms with Gasteiger partial charge in [-0.15, -0.1) is 0 Å². The van der Waals surface area contributed by atoms with Crippen LogP contribution in [0.5, 0.6) is 0 Å². The Balaban J connectivity index is 2.01. The van der Waals surface area contributed by atoms with E-state index in [0.29, 0.717) is 0 Å². The molecular formula is C15H21NO2. The molecule has 3 nitrogen and oxygen atoms in total. The molecule has 1 unspecified atom stereocenters. The highest BCUT2D eigenvalue weighted by Crippen LogP contribution is 2.24. The zero-order valence-corrected chi connectivity index (χ0v) is 11.2. The van der Waals surface area contributed by atoms with Gasteiger partial charge in [0, 0.05) is 6.04 Å². The first-order chi connectivity index (χ1) is 8.70. The van der Waals surface area contributed by atoms with E-state index in [1.807, 2.05) is 0 Å². The highest BCUT2D eigenvalue weighted by molar-refractivity contribution is 5.71. The Morgan fingerprint density at radius 1 is 1.33 bits per heavy atom. The Labute approximate surface area is 109 Å². The summed E-state index contributed by atoms with van der Waals surface area (Å²) in [5, 5.41) is 3.18. The molecule has 0 amide bonds. The molecule has 0 saturated heterocycles. The second kappa shape index (κ2) is 6.01. The molecule has 0 fully saturated rings. The summed E-state index contributed by atoms with van der Waals surface area (Å²) in [5.41, 5.74) is 4.22. The summed E-state index contributed by atoms with van der Waals surface area (Å²) in [7, 11) is 1.41. The van der Waals surface area contributed by atoms with Gasteiger partial charge in [-0.25, -0.2) is 0 Å². The number of hydrogen-bond donors (Lipinski definition) is 1. The molecule has 3 heteroatoms. The highest BCUT2D eigenvalue weighted by atomic mass is 16.5. The molecule has 2 rings (SSSR count). The minimum atomic E-state index is -0.222. The van der Waals surface area contributed by atoms with E-state index in [-0.39, 0.29) is 18.6 Å². The third kappa shape index (κ3) is 3.10. The highest BCUT2D eigenvalue weighted by Gasteiger charge is 2.12. The van der Waals surface area contributed by atoms with Gasteiger partial charge in [0.05, 0.1) is 13.7 Å². The number of fused-ring (bicyclic) bond motifs is 1. The van der Waals surface area contributed by atoms with Crippen molar-refractivity contribution >= 4 is 5.97 Å². The molecule has 0 saturated carbocycles. The average molecular weight is 247 g/mol. The lowest BCUT2D eigenvalue weighted by atomic mass is 9.89. The molecule has 0 spiro atoms. The molecule has 1 aromatic rings. The number of hydrogen-bond acceptors (Lipinski definition) is 3.